The van der Waals surface area contributed by atoms with Gasteiger partial charge < -0.3 is 10.2 Å². The minimum atomic E-state index is -2.97. The molecule has 2 heterocycles. The highest BCUT2D eigenvalue weighted by Gasteiger charge is 2.31. The quantitative estimate of drug-likeness (QED) is 0.867. The fourth-order valence-electron chi connectivity index (χ4n) is 3.62. The SMILES string of the molecule is Cc1nc(C(=O)NC2CCCCC2)cc(N(C)C2CCS(=O)(=O)C2)n1. The minimum absolute atomic E-state index is 0.103. The Morgan fingerprint density at radius 3 is 2.56 bits per heavy atom. The van der Waals surface area contributed by atoms with E-state index in [4.69, 9.17) is 0 Å². The lowest BCUT2D eigenvalue weighted by Gasteiger charge is -2.25. The van der Waals surface area contributed by atoms with Crippen LogP contribution in [0.4, 0.5) is 5.82 Å². The number of hydrogen-bond donors (Lipinski definition) is 1. The van der Waals surface area contributed by atoms with E-state index in [2.05, 4.69) is 15.3 Å². The van der Waals surface area contributed by atoms with Crippen molar-refractivity contribution in [2.45, 2.75) is 57.5 Å². The number of aromatic nitrogens is 2. The average molecular weight is 366 g/mol. The van der Waals surface area contributed by atoms with Crippen LogP contribution in [0.25, 0.3) is 0 Å². The summed E-state index contributed by atoms with van der Waals surface area (Å²) >= 11 is 0. The fourth-order valence-corrected chi connectivity index (χ4v) is 5.40. The molecule has 138 valence electrons. The molecule has 0 spiro atoms. The van der Waals surface area contributed by atoms with E-state index in [1.54, 1.807) is 13.0 Å². The smallest absolute Gasteiger partial charge is 0.270 e. The van der Waals surface area contributed by atoms with Crippen LogP contribution in [-0.2, 0) is 9.84 Å². The highest BCUT2D eigenvalue weighted by molar-refractivity contribution is 7.91. The predicted molar refractivity (Wildman–Crippen MR) is 96.6 cm³/mol. The highest BCUT2D eigenvalue weighted by atomic mass is 32.2. The van der Waals surface area contributed by atoms with Crippen LogP contribution in [0.15, 0.2) is 6.07 Å². The maximum Gasteiger partial charge on any atom is 0.270 e. The Morgan fingerprint density at radius 2 is 1.92 bits per heavy atom. The number of carbonyl (C=O) groups is 1. The second-order valence-corrected chi connectivity index (χ2v) is 9.36. The lowest BCUT2D eigenvalue weighted by Crippen LogP contribution is -2.37. The predicted octanol–water partition coefficient (Wildman–Crippen LogP) is 1.47. The van der Waals surface area contributed by atoms with Gasteiger partial charge in [-0.15, -0.1) is 0 Å². The normalized spacial score (nSPS) is 23.4. The van der Waals surface area contributed by atoms with E-state index in [-0.39, 0.29) is 29.5 Å². The molecule has 1 aromatic rings. The van der Waals surface area contributed by atoms with Crippen molar-refractivity contribution in [3.63, 3.8) is 0 Å². The Hall–Kier alpha value is -1.70. The summed E-state index contributed by atoms with van der Waals surface area (Å²) in [4.78, 5) is 23.1. The van der Waals surface area contributed by atoms with Crippen LogP contribution in [0, 0.1) is 6.92 Å². The van der Waals surface area contributed by atoms with Crippen molar-refractivity contribution in [3.8, 4) is 0 Å². The van der Waals surface area contributed by atoms with Crippen LogP contribution in [0.1, 0.15) is 54.8 Å². The van der Waals surface area contributed by atoms with Crippen molar-refractivity contribution < 1.29 is 13.2 Å². The summed E-state index contributed by atoms with van der Waals surface area (Å²) in [6, 6.07) is 1.78. The van der Waals surface area contributed by atoms with Gasteiger partial charge in [0, 0.05) is 25.2 Å². The molecule has 2 aliphatic rings. The van der Waals surface area contributed by atoms with E-state index in [0.29, 0.717) is 23.8 Å². The first-order valence-corrected chi connectivity index (χ1v) is 10.8. The second-order valence-electron chi connectivity index (χ2n) is 7.13. The van der Waals surface area contributed by atoms with Gasteiger partial charge in [0.05, 0.1) is 11.5 Å². The molecule has 1 N–H and O–H groups in total. The third kappa shape index (κ3) is 4.48. The largest absolute Gasteiger partial charge is 0.356 e. The van der Waals surface area contributed by atoms with E-state index in [9.17, 15) is 13.2 Å². The number of anilines is 1. The molecule has 25 heavy (non-hydrogen) atoms. The van der Waals surface area contributed by atoms with E-state index < -0.39 is 9.84 Å². The van der Waals surface area contributed by atoms with Gasteiger partial charge >= 0.3 is 0 Å². The van der Waals surface area contributed by atoms with E-state index in [0.717, 1.165) is 25.7 Å². The molecule has 0 aromatic carbocycles. The van der Waals surface area contributed by atoms with Crippen LogP contribution in [0.3, 0.4) is 0 Å². The van der Waals surface area contributed by atoms with Crippen LogP contribution >= 0.6 is 0 Å². The minimum Gasteiger partial charge on any atom is -0.356 e. The Kier molecular flexibility index (Phi) is 5.27. The average Bonchev–Trinajstić information content (AvgIpc) is 2.94. The van der Waals surface area contributed by atoms with Gasteiger partial charge in [0.1, 0.15) is 17.3 Å². The number of rotatable bonds is 4. The van der Waals surface area contributed by atoms with Gasteiger partial charge in [-0.3, -0.25) is 4.79 Å². The van der Waals surface area contributed by atoms with Crippen molar-refractivity contribution in [1.29, 1.82) is 0 Å². The molecular weight excluding hydrogens is 340 g/mol. The molecule has 1 aliphatic carbocycles. The van der Waals surface area contributed by atoms with Crippen LogP contribution < -0.4 is 10.2 Å². The summed E-state index contributed by atoms with van der Waals surface area (Å²) in [6.07, 6.45) is 6.16. The van der Waals surface area contributed by atoms with Gasteiger partial charge in [0.25, 0.3) is 5.91 Å². The van der Waals surface area contributed by atoms with Crippen molar-refractivity contribution in [3.05, 3.63) is 17.6 Å². The molecule has 1 saturated heterocycles. The molecular formula is C17H26N4O3S. The number of amides is 1. The summed E-state index contributed by atoms with van der Waals surface area (Å²) in [7, 11) is -1.14. The Bertz CT molecular complexity index is 744. The molecule has 1 amide bonds. The molecule has 1 unspecified atom stereocenters. The number of hydrogen-bond acceptors (Lipinski definition) is 6. The van der Waals surface area contributed by atoms with E-state index in [1.807, 2.05) is 11.9 Å². The number of aryl methyl sites for hydroxylation is 1. The van der Waals surface area contributed by atoms with Gasteiger partial charge in [-0.1, -0.05) is 19.3 Å². The lowest BCUT2D eigenvalue weighted by atomic mass is 9.95. The van der Waals surface area contributed by atoms with Crippen molar-refractivity contribution in [2.75, 3.05) is 23.5 Å². The van der Waals surface area contributed by atoms with Gasteiger partial charge in [-0.2, -0.15) is 0 Å². The number of sulfone groups is 1. The third-order valence-electron chi connectivity index (χ3n) is 5.11. The first-order chi connectivity index (χ1) is 11.8. The molecule has 1 aliphatic heterocycles. The zero-order valence-corrected chi connectivity index (χ0v) is 15.7. The topological polar surface area (TPSA) is 92.3 Å². The van der Waals surface area contributed by atoms with E-state index in [1.165, 1.54) is 6.42 Å². The number of nitrogens with one attached hydrogen (secondary N) is 1. The molecule has 1 saturated carbocycles. The highest BCUT2D eigenvalue weighted by Crippen LogP contribution is 2.22. The first-order valence-electron chi connectivity index (χ1n) is 8.94. The van der Waals surface area contributed by atoms with Crippen molar-refractivity contribution >= 4 is 21.6 Å². The molecule has 8 heteroatoms. The van der Waals surface area contributed by atoms with Crippen LogP contribution in [0.5, 0.6) is 0 Å². The lowest BCUT2D eigenvalue weighted by molar-refractivity contribution is 0.0922. The standard InChI is InChI=1S/C17H26N4O3S/c1-12-18-15(17(22)20-13-6-4-3-5-7-13)10-16(19-12)21(2)14-8-9-25(23,24)11-14/h10,13-14H,3-9,11H2,1-2H3,(H,20,22). The first kappa shape index (κ1) is 18.1. The molecule has 1 aromatic heterocycles. The van der Waals surface area contributed by atoms with E-state index >= 15 is 0 Å². The zero-order valence-electron chi connectivity index (χ0n) is 14.9. The summed E-state index contributed by atoms with van der Waals surface area (Å²) in [5.74, 6) is 1.28. The van der Waals surface area contributed by atoms with Gasteiger partial charge in [-0.25, -0.2) is 18.4 Å². The molecule has 1 atom stereocenters. The van der Waals surface area contributed by atoms with Gasteiger partial charge in [-0.05, 0) is 26.2 Å². The molecule has 2 fully saturated rings. The Morgan fingerprint density at radius 1 is 1.20 bits per heavy atom. The Balaban J connectivity index is 1.74. The van der Waals surface area contributed by atoms with Gasteiger partial charge in [0.2, 0.25) is 0 Å². The molecule has 7 nitrogen and oxygen atoms in total. The van der Waals surface area contributed by atoms with Crippen LogP contribution in [-0.4, -0.2) is 54.9 Å². The maximum absolute atomic E-state index is 12.5. The maximum atomic E-state index is 12.5. The monoisotopic (exact) mass is 366 g/mol. The summed E-state index contributed by atoms with van der Waals surface area (Å²) in [5, 5.41) is 3.07. The molecule has 3 rings (SSSR count). The number of carbonyl (C=O) groups excluding carboxylic acids is 1. The molecule has 0 radical (unpaired) electrons. The second kappa shape index (κ2) is 7.27. The fraction of sp³-hybridized carbons (Fsp3) is 0.706. The van der Waals surface area contributed by atoms with Crippen molar-refractivity contribution in [1.82, 2.24) is 15.3 Å². The van der Waals surface area contributed by atoms with Crippen LogP contribution in [0.2, 0.25) is 0 Å². The van der Waals surface area contributed by atoms with Crippen molar-refractivity contribution in [2.24, 2.45) is 0 Å². The zero-order chi connectivity index (χ0) is 18.0. The number of nitrogens with zero attached hydrogens (tertiary/aromatic N) is 3. The van der Waals surface area contributed by atoms with Gasteiger partial charge in [0.15, 0.2) is 9.84 Å². The molecule has 0 bridgehead atoms. The summed E-state index contributed by atoms with van der Waals surface area (Å²) in [5.41, 5.74) is 0.348. The summed E-state index contributed by atoms with van der Waals surface area (Å²) < 4.78 is 23.4. The third-order valence-corrected chi connectivity index (χ3v) is 6.87. The Labute approximate surface area is 149 Å². The summed E-state index contributed by atoms with van der Waals surface area (Å²) in [6.45, 7) is 1.75.